The molecule has 0 aromatic heterocycles. The van der Waals surface area contributed by atoms with Crippen molar-refractivity contribution in [3.63, 3.8) is 0 Å². The number of nitrogens with two attached hydrogens (primary N) is 1. The van der Waals surface area contributed by atoms with Crippen LogP contribution in [0.3, 0.4) is 0 Å². The van der Waals surface area contributed by atoms with E-state index in [4.69, 9.17) is 11.0 Å². The van der Waals surface area contributed by atoms with Gasteiger partial charge in [0.05, 0.1) is 17.2 Å². The number of halogens is 1. The summed E-state index contributed by atoms with van der Waals surface area (Å²) in [6.45, 7) is 3.56. The zero-order valence-corrected chi connectivity index (χ0v) is 12.4. The molecular formula is C17H16FN3O. The first-order valence-corrected chi connectivity index (χ1v) is 6.71. The van der Waals surface area contributed by atoms with Gasteiger partial charge >= 0.3 is 0 Å². The van der Waals surface area contributed by atoms with E-state index >= 15 is 0 Å². The molecule has 0 saturated heterocycles. The van der Waals surface area contributed by atoms with E-state index in [1.54, 1.807) is 38.1 Å². The Morgan fingerprint density at radius 3 is 2.64 bits per heavy atom. The first kappa shape index (κ1) is 15.5. The van der Waals surface area contributed by atoms with Crippen LogP contribution < -0.4 is 11.1 Å². The standard InChI is InChI=1S/C17H16FN3O/c1-17(2,10-19)12-5-3-4-11(8-12)16(22)21-13-6-7-14(18)15(20)9-13/h3-9H,20H2,1-2H3,(H,21,22). The summed E-state index contributed by atoms with van der Waals surface area (Å²) in [7, 11) is 0. The summed E-state index contributed by atoms with van der Waals surface area (Å²) in [6.07, 6.45) is 0. The van der Waals surface area contributed by atoms with E-state index in [1.807, 2.05) is 0 Å². The van der Waals surface area contributed by atoms with Crippen molar-refractivity contribution in [1.29, 1.82) is 5.26 Å². The summed E-state index contributed by atoms with van der Waals surface area (Å²) in [4.78, 5) is 12.2. The van der Waals surface area contributed by atoms with E-state index in [1.165, 1.54) is 18.2 Å². The lowest BCUT2D eigenvalue weighted by Gasteiger charge is -2.16. The SMILES string of the molecule is CC(C)(C#N)c1cccc(C(=O)Nc2ccc(F)c(N)c2)c1. The topological polar surface area (TPSA) is 78.9 Å². The Kier molecular flexibility index (Phi) is 4.13. The Labute approximate surface area is 128 Å². The molecule has 4 nitrogen and oxygen atoms in total. The minimum atomic E-state index is -0.684. The highest BCUT2D eigenvalue weighted by molar-refractivity contribution is 6.04. The molecule has 112 valence electrons. The van der Waals surface area contributed by atoms with Gasteiger partial charge in [0.25, 0.3) is 5.91 Å². The molecule has 2 rings (SSSR count). The number of nitriles is 1. The van der Waals surface area contributed by atoms with Crippen LogP contribution >= 0.6 is 0 Å². The summed E-state index contributed by atoms with van der Waals surface area (Å²) < 4.78 is 13.1. The highest BCUT2D eigenvalue weighted by Gasteiger charge is 2.20. The van der Waals surface area contributed by atoms with Crippen molar-refractivity contribution in [1.82, 2.24) is 0 Å². The summed E-state index contributed by atoms with van der Waals surface area (Å²) >= 11 is 0. The van der Waals surface area contributed by atoms with Crippen LogP contribution in [0.5, 0.6) is 0 Å². The van der Waals surface area contributed by atoms with Gasteiger partial charge in [-0.15, -0.1) is 0 Å². The molecule has 5 heteroatoms. The van der Waals surface area contributed by atoms with Crippen molar-refractivity contribution in [2.24, 2.45) is 0 Å². The summed E-state index contributed by atoms with van der Waals surface area (Å²) in [6, 6.07) is 13.0. The molecule has 0 radical (unpaired) electrons. The lowest BCUT2D eigenvalue weighted by Crippen LogP contribution is -2.17. The van der Waals surface area contributed by atoms with Crippen molar-refractivity contribution in [3.8, 4) is 6.07 Å². The van der Waals surface area contributed by atoms with E-state index in [0.29, 0.717) is 11.3 Å². The minimum Gasteiger partial charge on any atom is -0.396 e. The quantitative estimate of drug-likeness (QED) is 0.851. The van der Waals surface area contributed by atoms with Crippen LogP contribution in [-0.4, -0.2) is 5.91 Å². The average molecular weight is 297 g/mol. The molecule has 0 bridgehead atoms. The second-order valence-electron chi connectivity index (χ2n) is 5.51. The van der Waals surface area contributed by atoms with E-state index in [-0.39, 0.29) is 11.6 Å². The second kappa shape index (κ2) is 5.86. The molecule has 0 heterocycles. The van der Waals surface area contributed by atoms with Crippen molar-refractivity contribution in [3.05, 3.63) is 59.4 Å². The minimum absolute atomic E-state index is 0.0304. The molecule has 0 saturated carbocycles. The van der Waals surface area contributed by atoms with E-state index in [9.17, 15) is 9.18 Å². The predicted molar refractivity (Wildman–Crippen MR) is 83.8 cm³/mol. The van der Waals surface area contributed by atoms with Crippen LogP contribution in [0.25, 0.3) is 0 Å². The number of nitrogens with zero attached hydrogens (tertiary/aromatic N) is 1. The maximum Gasteiger partial charge on any atom is 0.255 e. The van der Waals surface area contributed by atoms with Crippen molar-refractivity contribution in [2.75, 3.05) is 11.1 Å². The molecule has 0 aliphatic rings. The number of rotatable bonds is 3. The molecule has 1 amide bonds. The van der Waals surface area contributed by atoms with Gasteiger partial charge in [-0.2, -0.15) is 5.26 Å². The Balaban J connectivity index is 2.25. The van der Waals surface area contributed by atoms with E-state index < -0.39 is 11.2 Å². The number of carbonyl (C=O) groups excluding carboxylic acids is 1. The number of benzene rings is 2. The van der Waals surface area contributed by atoms with Crippen LogP contribution in [0.15, 0.2) is 42.5 Å². The van der Waals surface area contributed by atoms with Gasteiger partial charge in [0.1, 0.15) is 5.82 Å². The number of nitrogens with one attached hydrogen (secondary N) is 1. The lowest BCUT2D eigenvalue weighted by atomic mass is 9.85. The third kappa shape index (κ3) is 3.23. The fourth-order valence-electron chi connectivity index (χ4n) is 1.94. The molecule has 0 atom stereocenters. The molecule has 0 aliphatic carbocycles. The molecule has 2 aromatic rings. The summed E-state index contributed by atoms with van der Waals surface area (Å²) in [5.41, 5.74) is 6.34. The van der Waals surface area contributed by atoms with Gasteiger partial charge < -0.3 is 11.1 Å². The van der Waals surface area contributed by atoms with Crippen LogP contribution in [0.1, 0.15) is 29.8 Å². The van der Waals surface area contributed by atoms with Gasteiger partial charge in [-0.3, -0.25) is 4.79 Å². The van der Waals surface area contributed by atoms with E-state index in [2.05, 4.69) is 11.4 Å². The van der Waals surface area contributed by atoms with E-state index in [0.717, 1.165) is 5.56 Å². The van der Waals surface area contributed by atoms with Crippen LogP contribution in [0.4, 0.5) is 15.8 Å². The molecule has 0 spiro atoms. The molecule has 0 fully saturated rings. The zero-order valence-electron chi connectivity index (χ0n) is 12.4. The van der Waals surface area contributed by atoms with Crippen LogP contribution in [0.2, 0.25) is 0 Å². The van der Waals surface area contributed by atoms with Crippen LogP contribution in [-0.2, 0) is 5.41 Å². The highest BCUT2D eigenvalue weighted by Crippen LogP contribution is 2.23. The van der Waals surface area contributed by atoms with Gasteiger partial charge in [0, 0.05) is 11.3 Å². The number of anilines is 2. The number of nitrogen functional groups attached to an aromatic ring is 1. The highest BCUT2D eigenvalue weighted by atomic mass is 19.1. The van der Waals surface area contributed by atoms with Gasteiger partial charge in [-0.05, 0) is 49.7 Å². The molecule has 0 unspecified atom stereocenters. The molecule has 2 aromatic carbocycles. The third-order valence-corrected chi connectivity index (χ3v) is 3.38. The van der Waals surface area contributed by atoms with Crippen LogP contribution in [0, 0.1) is 17.1 Å². The molecule has 22 heavy (non-hydrogen) atoms. The predicted octanol–water partition coefficient (Wildman–Crippen LogP) is 3.46. The first-order valence-electron chi connectivity index (χ1n) is 6.71. The Morgan fingerprint density at radius 1 is 1.27 bits per heavy atom. The van der Waals surface area contributed by atoms with Gasteiger partial charge in [0.2, 0.25) is 0 Å². The largest absolute Gasteiger partial charge is 0.396 e. The molecule has 3 N–H and O–H groups in total. The Bertz CT molecular complexity index is 763. The fourth-order valence-corrected chi connectivity index (χ4v) is 1.94. The molecule has 0 aliphatic heterocycles. The molecular weight excluding hydrogens is 281 g/mol. The van der Waals surface area contributed by atoms with Gasteiger partial charge in [-0.1, -0.05) is 12.1 Å². The van der Waals surface area contributed by atoms with Gasteiger partial charge in [-0.25, -0.2) is 4.39 Å². The normalized spacial score (nSPS) is 10.8. The third-order valence-electron chi connectivity index (χ3n) is 3.38. The van der Waals surface area contributed by atoms with Crippen molar-refractivity contribution < 1.29 is 9.18 Å². The number of carbonyl (C=O) groups is 1. The zero-order chi connectivity index (χ0) is 16.3. The average Bonchev–Trinajstić information content (AvgIpc) is 2.51. The summed E-state index contributed by atoms with van der Waals surface area (Å²) in [5, 5.41) is 11.8. The maximum atomic E-state index is 13.1. The Hall–Kier alpha value is -2.87. The Morgan fingerprint density at radius 2 is 2.00 bits per heavy atom. The second-order valence-corrected chi connectivity index (χ2v) is 5.51. The summed E-state index contributed by atoms with van der Waals surface area (Å²) in [5.74, 6) is -0.877. The van der Waals surface area contributed by atoms with Crippen molar-refractivity contribution in [2.45, 2.75) is 19.3 Å². The monoisotopic (exact) mass is 297 g/mol. The number of amides is 1. The number of hydrogen-bond acceptors (Lipinski definition) is 3. The smallest absolute Gasteiger partial charge is 0.255 e. The van der Waals surface area contributed by atoms with Crippen molar-refractivity contribution >= 4 is 17.3 Å². The lowest BCUT2D eigenvalue weighted by molar-refractivity contribution is 0.102. The first-order chi connectivity index (χ1) is 10.3. The number of hydrogen-bond donors (Lipinski definition) is 2. The van der Waals surface area contributed by atoms with Gasteiger partial charge in [0.15, 0.2) is 0 Å². The maximum absolute atomic E-state index is 13.1. The fraction of sp³-hybridized carbons (Fsp3) is 0.176.